The van der Waals surface area contributed by atoms with Gasteiger partial charge in [-0.3, -0.25) is 10.2 Å². The molecule has 5 N–H and O–H groups in total. The summed E-state index contributed by atoms with van der Waals surface area (Å²) in [6.45, 7) is 2.21. The van der Waals surface area contributed by atoms with Gasteiger partial charge in [0.1, 0.15) is 5.82 Å². The third kappa shape index (κ3) is 6.34. The highest BCUT2D eigenvalue weighted by molar-refractivity contribution is 5.96. The summed E-state index contributed by atoms with van der Waals surface area (Å²) in [5.74, 6) is 1.47. The number of nitrogens with zero attached hydrogens (tertiary/aromatic N) is 1. The molecule has 1 heterocycles. The van der Waals surface area contributed by atoms with Crippen LogP contribution in [0, 0.1) is 12.7 Å². The summed E-state index contributed by atoms with van der Waals surface area (Å²) >= 11 is 0. The van der Waals surface area contributed by atoms with Crippen LogP contribution < -0.4 is 11.3 Å². The first-order chi connectivity index (χ1) is 17.2. The largest absolute Gasteiger partial charge is 0.478 e. The fourth-order valence-corrected chi connectivity index (χ4v) is 3.89. The Labute approximate surface area is 206 Å². The van der Waals surface area contributed by atoms with Gasteiger partial charge in [-0.25, -0.2) is 19.8 Å². The molecule has 0 saturated heterocycles. The third-order valence-electron chi connectivity index (χ3n) is 5.70. The molecule has 0 aliphatic carbocycles. The Hall–Kier alpha value is -4.50. The Morgan fingerprint density at radius 3 is 2.11 bits per heavy atom. The van der Waals surface area contributed by atoms with E-state index in [1.165, 1.54) is 12.5 Å². The van der Waals surface area contributed by atoms with Gasteiger partial charge in [-0.15, -0.1) is 0 Å². The molecule has 4 rings (SSSR count). The molecule has 9 heteroatoms. The van der Waals surface area contributed by atoms with Crippen LogP contribution in [-0.2, 0) is 24.2 Å². The maximum absolute atomic E-state index is 12.8. The van der Waals surface area contributed by atoms with E-state index in [9.17, 15) is 18.8 Å². The van der Waals surface area contributed by atoms with Crippen LogP contribution in [0.1, 0.15) is 37.4 Å². The van der Waals surface area contributed by atoms with Crippen LogP contribution in [0.4, 0.5) is 4.39 Å². The van der Waals surface area contributed by atoms with E-state index in [-0.39, 0.29) is 22.6 Å². The van der Waals surface area contributed by atoms with E-state index in [1.54, 1.807) is 0 Å². The lowest BCUT2D eigenvalue weighted by Crippen LogP contribution is -2.31. The Balaban J connectivity index is 0.000000223. The second-order valence-electron chi connectivity index (χ2n) is 8.08. The summed E-state index contributed by atoms with van der Waals surface area (Å²) in [4.78, 5) is 32.7. The minimum Gasteiger partial charge on any atom is -0.478 e. The van der Waals surface area contributed by atoms with Crippen LogP contribution in [-0.4, -0.2) is 32.6 Å². The summed E-state index contributed by atoms with van der Waals surface area (Å²) in [6.07, 6.45) is 3.32. The van der Waals surface area contributed by atoms with E-state index in [0.717, 1.165) is 41.6 Å². The zero-order valence-electron chi connectivity index (χ0n) is 19.6. The number of hydrogen-bond donors (Lipinski definition) is 4. The molecule has 0 aliphatic heterocycles. The number of aryl methyl sites for hydroxylation is 2. The number of para-hydroxylation sites is 1. The summed E-state index contributed by atoms with van der Waals surface area (Å²) in [7, 11) is 0. The number of benzene rings is 3. The number of hydrazine groups is 1. The van der Waals surface area contributed by atoms with Crippen molar-refractivity contribution < 1.29 is 29.0 Å². The minimum absolute atomic E-state index is 0.0476. The molecular formula is C27H26FN3O5. The normalized spacial score (nSPS) is 10.4. The van der Waals surface area contributed by atoms with Crippen molar-refractivity contribution in [2.75, 3.05) is 0 Å². The van der Waals surface area contributed by atoms with E-state index in [0.29, 0.717) is 6.42 Å². The predicted molar refractivity (Wildman–Crippen MR) is 133 cm³/mol. The number of aromatic carboxylic acids is 2. The summed E-state index contributed by atoms with van der Waals surface area (Å²) in [5, 5.41) is 18.4. The van der Waals surface area contributed by atoms with Crippen molar-refractivity contribution in [3.63, 3.8) is 0 Å². The average Bonchev–Trinajstić information content (AvgIpc) is 3.21. The lowest BCUT2D eigenvalue weighted by molar-refractivity contribution is -0.120. The van der Waals surface area contributed by atoms with Crippen molar-refractivity contribution in [2.24, 2.45) is 5.84 Å². The molecule has 0 bridgehead atoms. The Bertz CT molecular complexity index is 1360. The van der Waals surface area contributed by atoms with Gasteiger partial charge in [-0.1, -0.05) is 48.5 Å². The maximum atomic E-state index is 12.8. The first-order valence-corrected chi connectivity index (χ1v) is 11.1. The number of halogens is 1. The molecule has 4 aromatic rings. The van der Waals surface area contributed by atoms with Crippen molar-refractivity contribution in [3.05, 3.63) is 107 Å². The highest BCUT2D eigenvalue weighted by atomic mass is 19.1. The van der Waals surface area contributed by atoms with Crippen LogP contribution in [0.5, 0.6) is 0 Å². The van der Waals surface area contributed by atoms with Gasteiger partial charge in [0.2, 0.25) is 5.91 Å². The zero-order chi connectivity index (χ0) is 26.2. The van der Waals surface area contributed by atoms with Gasteiger partial charge in [-0.05, 0) is 48.2 Å². The van der Waals surface area contributed by atoms with Gasteiger partial charge >= 0.3 is 11.9 Å². The third-order valence-corrected chi connectivity index (χ3v) is 5.70. The van der Waals surface area contributed by atoms with E-state index in [1.807, 2.05) is 24.3 Å². The van der Waals surface area contributed by atoms with Gasteiger partial charge in [-0.2, -0.15) is 0 Å². The number of nitrogens with two attached hydrogens (primary N) is 1. The lowest BCUT2D eigenvalue weighted by atomic mass is 10.0. The molecule has 0 spiro atoms. The fourth-order valence-electron chi connectivity index (χ4n) is 3.89. The van der Waals surface area contributed by atoms with Crippen molar-refractivity contribution in [2.45, 2.75) is 26.3 Å². The Kier molecular flexibility index (Phi) is 8.53. The molecule has 0 unspecified atom stereocenters. The number of carboxylic acids is 2. The first-order valence-electron chi connectivity index (χ1n) is 11.1. The monoisotopic (exact) mass is 491 g/mol. The van der Waals surface area contributed by atoms with E-state index < -0.39 is 17.8 Å². The number of aromatic nitrogens is 1. The van der Waals surface area contributed by atoms with Crippen LogP contribution in [0.2, 0.25) is 0 Å². The van der Waals surface area contributed by atoms with Gasteiger partial charge in [0.05, 0.1) is 17.5 Å². The molecule has 36 heavy (non-hydrogen) atoms. The molecule has 0 radical (unpaired) electrons. The highest BCUT2D eigenvalue weighted by Crippen LogP contribution is 2.22. The number of carbonyl (C=O) groups is 3. The van der Waals surface area contributed by atoms with Crippen LogP contribution >= 0.6 is 0 Å². The molecule has 0 aliphatic rings. The van der Waals surface area contributed by atoms with Gasteiger partial charge in [0.25, 0.3) is 0 Å². The van der Waals surface area contributed by atoms with E-state index >= 15 is 0 Å². The van der Waals surface area contributed by atoms with Crippen molar-refractivity contribution >= 4 is 28.7 Å². The lowest BCUT2D eigenvalue weighted by Gasteiger charge is -2.05. The number of fused-ring (bicyclic) bond motifs is 1. The zero-order valence-corrected chi connectivity index (χ0v) is 19.6. The summed E-state index contributed by atoms with van der Waals surface area (Å²) in [6, 6.07) is 20.1. The number of amides is 1. The smallest absolute Gasteiger partial charge is 0.336 e. The van der Waals surface area contributed by atoms with Crippen LogP contribution in [0.3, 0.4) is 0 Å². The van der Waals surface area contributed by atoms with Crippen LogP contribution in [0.25, 0.3) is 10.9 Å². The quantitative estimate of drug-likeness (QED) is 0.176. The number of rotatable bonds is 7. The number of nitrogens with one attached hydrogen (secondary N) is 1. The molecule has 0 atom stereocenters. The molecular weight excluding hydrogens is 465 g/mol. The molecule has 3 aromatic carbocycles. The molecule has 0 saturated carbocycles. The standard InChI is InChI=1S/C18H19N3O.C9H7FO4/c19-20-18(22)12-15-13-21(17-9-5-4-8-16(15)17)11-10-14-6-2-1-3-7-14;1-4-6(8(11)12)2-5(10)3-7(4)9(13)14/h1-9,13H,10-12,19H2,(H,20,22);2-3H,1H3,(H,11,12)(H,13,14). The number of hydrogen-bond acceptors (Lipinski definition) is 4. The van der Waals surface area contributed by atoms with Crippen molar-refractivity contribution in [3.8, 4) is 0 Å². The number of carbonyl (C=O) groups excluding carboxylic acids is 1. The van der Waals surface area contributed by atoms with Crippen molar-refractivity contribution in [1.82, 2.24) is 9.99 Å². The molecule has 8 nitrogen and oxygen atoms in total. The highest BCUT2D eigenvalue weighted by Gasteiger charge is 2.17. The van der Waals surface area contributed by atoms with Crippen molar-refractivity contribution in [1.29, 1.82) is 0 Å². The molecule has 1 amide bonds. The van der Waals surface area contributed by atoms with Crippen LogP contribution in [0.15, 0.2) is 72.9 Å². The van der Waals surface area contributed by atoms with Gasteiger partial charge < -0.3 is 14.8 Å². The molecule has 0 fully saturated rings. The van der Waals surface area contributed by atoms with Gasteiger partial charge in [0, 0.05) is 23.6 Å². The summed E-state index contributed by atoms with van der Waals surface area (Å²) < 4.78 is 15.0. The SMILES string of the molecule is Cc1c(C(=O)O)cc(F)cc1C(=O)O.NNC(=O)Cc1cn(CCc2ccccc2)c2ccccc12. The first kappa shape index (κ1) is 26.1. The predicted octanol–water partition coefficient (Wildman–Crippen LogP) is 3.95. The Morgan fingerprint density at radius 2 is 1.53 bits per heavy atom. The minimum atomic E-state index is -1.34. The number of carboxylic acid groups (broad SMARTS) is 2. The second kappa shape index (κ2) is 11.8. The maximum Gasteiger partial charge on any atom is 0.336 e. The van der Waals surface area contributed by atoms with E-state index in [4.69, 9.17) is 16.1 Å². The Morgan fingerprint density at radius 1 is 0.944 bits per heavy atom. The van der Waals surface area contributed by atoms with E-state index in [2.05, 4.69) is 46.5 Å². The molecule has 186 valence electrons. The average molecular weight is 492 g/mol. The summed E-state index contributed by atoms with van der Waals surface area (Å²) in [5.41, 5.74) is 5.05. The molecule has 1 aromatic heterocycles. The fraction of sp³-hybridized carbons (Fsp3) is 0.148. The second-order valence-corrected chi connectivity index (χ2v) is 8.08. The van der Waals surface area contributed by atoms with Gasteiger partial charge in [0.15, 0.2) is 0 Å². The topological polar surface area (TPSA) is 135 Å².